The lowest BCUT2D eigenvalue weighted by molar-refractivity contribution is -0.150. The maximum atomic E-state index is 12.9. The summed E-state index contributed by atoms with van der Waals surface area (Å²) in [5.41, 5.74) is 0.897. The van der Waals surface area contributed by atoms with E-state index in [1.54, 1.807) is 0 Å². The molecule has 0 aromatic rings. The summed E-state index contributed by atoms with van der Waals surface area (Å²) in [5.74, 6) is 0.989. The third-order valence-electron chi connectivity index (χ3n) is 12.3. The van der Waals surface area contributed by atoms with Gasteiger partial charge in [0.25, 0.3) is 0 Å². The number of nitrogens with one attached hydrogen (secondary N) is 1. The average Bonchev–Trinajstić information content (AvgIpc) is 3.20. The standard InChI is InChI=1S/C50H96N2O3S/c1-6-10-13-16-21-28-36-46(9-4)37-29-22-19-26-33-42-52(44-35-41-51-49-45(5)50(54)56-49)43-34-27-20-25-32-40-48(53)55-47(38-30-23-17-14-11-7-2)39-31-24-18-15-12-8-3/h46-47,51H,6-44H2,1-5H3. The predicted molar refractivity (Wildman–Crippen MR) is 247 cm³/mol. The fraction of sp³-hybridized carbons (Fsp3) is 0.920. The molecule has 56 heavy (non-hydrogen) atoms. The van der Waals surface area contributed by atoms with Gasteiger partial charge in [-0.3, -0.25) is 9.59 Å². The fourth-order valence-corrected chi connectivity index (χ4v) is 9.02. The average molecular weight is 805 g/mol. The maximum Gasteiger partial charge on any atom is 0.306 e. The highest BCUT2D eigenvalue weighted by Gasteiger charge is 2.24. The molecule has 0 aliphatic carbocycles. The first-order valence-corrected chi connectivity index (χ1v) is 25.8. The molecule has 1 atom stereocenters. The SMILES string of the molecule is CCCCCCCCC(CC)CCCCCCCN(CCCCCCCC(=O)OC(CCCCCCCC)CCCCCCCC)CCCNC1=C(C)C(=O)S1. The monoisotopic (exact) mass is 805 g/mol. The number of esters is 1. The summed E-state index contributed by atoms with van der Waals surface area (Å²) >= 11 is 1.35. The van der Waals surface area contributed by atoms with Crippen LogP contribution in [0.4, 0.5) is 0 Å². The maximum absolute atomic E-state index is 12.9. The van der Waals surface area contributed by atoms with Gasteiger partial charge in [-0.15, -0.1) is 0 Å². The smallest absolute Gasteiger partial charge is 0.306 e. The second kappa shape index (κ2) is 39.5. The van der Waals surface area contributed by atoms with E-state index in [0.29, 0.717) is 6.42 Å². The Morgan fingerprint density at radius 1 is 0.554 bits per heavy atom. The van der Waals surface area contributed by atoms with Crippen molar-refractivity contribution in [3.8, 4) is 0 Å². The van der Waals surface area contributed by atoms with Crippen molar-refractivity contribution in [2.45, 2.75) is 265 Å². The molecule has 1 aliphatic heterocycles. The number of ether oxygens (including phenoxy) is 1. The summed E-state index contributed by atoms with van der Waals surface area (Å²) in [6.07, 6.45) is 44.8. The molecular weight excluding hydrogens is 709 g/mol. The zero-order chi connectivity index (χ0) is 40.7. The van der Waals surface area contributed by atoms with Gasteiger partial charge < -0.3 is 15.0 Å². The molecular formula is C50H96N2O3S. The van der Waals surface area contributed by atoms with E-state index in [0.717, 1.165) is 61.7 Å². The highest BCUT2D eigenvalue weighted by atomic mass is 32.2. The number of hydrogen-bond donors (Lipinski definition) is 1. The van der Waals surface area contributed by atoms with Crippen LogP contribution in [0.25, 0.3) is 0 Å². The molecule has 1 unspecified atom stereocenters. The van der Waals surface area contributed by atoms with Gasteiger partial charge in [0.15, 0.2) is 0 Å². The molecule has 0 amide bonds. The molecule has 0 aromatic heterocycles. The van der Waals surface area contributed by atoms with Gasteiger partial charge >= 0.3 is 5.97 Å². The lowest BCUT2D eigenvalue weighted by Crippen LogP contribution is -2.30. The molecule has 330 valence electrons. The third-order valence-corrected chi connectivity index (χ3v) is 13.5. The van der Waals surface area contributed by atoms with Crippen molar-refractivity contribution in [1.29, 1.82) is 0 Å². The van der Waals surface area contributed by atoms with Crippen LogP contribution in [0.5, 0.6) is 0 Å². The summed E-state index contributed by atoms with van der Waals surface area (Å²) in [7, 11) is 0. The molecule has 0 spiro atoms. The van der Waals surface area contributed by atoms with Crippen LogP contribution in [-0.4, -0.2) is 48.3 Å². The van der Waals surface area contributed by atoms with Crippen molar-refractivity contribution in [3.63, 3.8) is 0 Å². The quantitative estimate of drug-likeness (QED) is 0.0489. The third kappa shape index (κ3) is 31.0. The predicted octanol–water partition coefficient (Wildman–Crippen LogP) is 15.6. The first kappa shape index (κ1) is 53.0. The minimum absolute atomic E-state index is 0.0423. The van der Waals surface area contributed by atoms with E-state index in [4.69, 9.17) is 4.74 Å². The topological polar surface area (TPSA) is 58.6 Å². The number of hydrogen-bond acceptors (Lipinski definition) is 6. The number of carbonyl (C=O) groups is 2. The lowest BCUT2D eigenvalue weighted by Gasteiger charge is -2.24. The Bertz CT molecular complexity index is 923. The number of rotatable bonds is 44. The molecule has 0 saturated heterocycles. The van der Waals surface area contributed by atoms with Crippen LogP contribution in [0, 0.1) is 5.92 Å². The number of carbonyl (C=O) groups excluding carboxylic acids is 2. The van der Waals surface area contributed by atoms with Gasteiger partial charge in [-0.2, -0.15) is 0 Å². The van der Waals surface area contributed by atoms with E-state index < -0.39 is 0 Å². The van der Waals surface area contributed by atoms with Gasteiger partial charge in [-0.25, -0.2) is 0 Å². The van der Waals surface area contributed by atoms with Crippen LogP contribution in [0.3, 0.4) is 0 Å². The van der Waals surface area contributed by atoms with Gasteiger partial charge in [0.05, 0.1) is 5.03 Å². The lowest BCUT2D eigenvalue weighted by atomic mass is 9.92. The van der Waals surface area contributed by atoms with Crippen LogP contribution in [0.2, 0.25) is 0 Å². The van der Waals surface area contributed by atoms with Crippen molar-refractivity contribution >= 4 is 22.8 Å². The van der Waals surface area contributed by atoms with Gasteiger partial charge in [-0.1, -0.05) is 195 Å². The molecule has 1 rings (SSSR count). The van der Waals surface area contributed by atoms with Gasteiger partial charge in [0.1, 0.15) is 6.10 Å². The van der Waals surface area contributed by atoms with Crippen LogP contribution in [-0.2, 0) is 14.3 Å². The normalized spacial score (nSPS) is 13.6. The molecule has 0 bridgehead atoms. The molecule has 6 heteroatoms. The van der Waals surface area contributed by atoms with Gasteiger partial charge in [-0.05, 0) is 95.6 Å². The van der Waals surface area contributed by atoms with Crippen molar-refractivity contribution in [2.75, 3.05) is 26.2 Å². The van der Waals surface area contributed by atoms with Crippen LogP contribution in [0.15, 0.2) is 10.6 Å². The molecule has 0 saturated carbocycles. The molecule has 5 nitrogen and oxygen atoms in total. The minimum Gasteiger partial charge on any atom is -0.462 e. The van der Waals surface area contributed by atoms with Crippen molar-refractivity contribution < 1.29 is 14.3 Å². The molecule has 0 aromatic carbocycles. The number of nitrogens with zero attached hydrogens (tertiary/aromatic N) is 1. The zero-order valence-corrected chi connectivity index (χ0v) is 39.1. The van der Waals surface area contributed by atoms with E-state index in [9.17, 15) is 9.59 Å². The second-order valence-corrected chi connectivity index (χ2v) is 18.6. The van der Waals surface area contributed by atoms with Crippen LogP contribution < -0.4 is 5.32 Å². The summed E-state index contributed by atoms with van der Waals surface area (Å²) < 4.78 is 6.09. The van der Waals surface area contributed by atoms with Gasteiger partial charge in [0, 0.05) is 18.5 Å². The second-order valence-electron chi connectivity index (χ2n) is 17.6. The Labute approximate surface area is 354 Å². The highest BCUT2D eigenvalue weighted by Crippen LogP contribution is 2.32. The highest BCUT2D eigenvalue weighted by molar-refractivity contribution is 8.19. The van der Waals surface area contributed by atoms with E-state index in [1.165, 1.54) is 211 Å². The van der Waals surface area contributed by atoms with Gasteiger partial charge in [0.2, 0.25) is 5.12 Å². The Balaban J connectivity index is 2.33. The van der Waals surface area contributed by atoms with Crippen LogP contribution >= 0.6 is 11.8 Å². The Morgan fingerprint density at radius 3 is 1.41 bits per heavy atom. The van der Waals surface area contributed by atoms with Crippen molar-refractivity contribution in [2.24, 2.45) is 5.92 Å². The van der Waals surface area contributed by atoms with E-state index >= 15 is 0 Å². The summed E-state index contributed by atoms with van der Waals surface area (Å²) in [4.78, 5) is 27.1. The summed E-state index contributed by atoms with van der Waals surface area (Å²) in [6.45, 7) is 15.6. The fourth-order valence-electron chi connectivity index (χ4n) is 8.31. The molecule has 1 heterocycles. The minimum atomic E-state index is 0.0423. The molecule has 1 aliphatic rings. The summed E-state index contributed by atoms with van der Waals surface area (Å²) in [5, 5.41) is 4.78. The van der Waals surface area contributed by atoms with Crippen molar-refractivity contribution in [1.82, 2.24) is 10.2 Å². The zero-order valence-electron chi connectivity index (χ0n) is 38.3. The Kier molecular flexibility index (Phi) is 37.3. The van der Waals surface area contributed by atoms with Crippen LogP contribution in [0.1, 0.15) is 259 Å². The Morgan fingerprint density at radius 2 is 0.964 bits per heavy atom. The molecule has 0 fully saturated rings. The van der Waals surface area contributed by atoms with E-state index in [1.807, 2.05) is 6.92 Å². The summed E-state index contributed by atoms with van der Waals surface area (Å²) in [6, 6.07) is 0. The van der Waals surface area contributed by atoms with E-state index in [-0.39, 0.29) is 17.2 Å². The number of thioether (sulfide) groups is 1. The van der Waals surface area contributed by atoms with Crippen molar-refractivity contribution in [3.05, 3.63) is 10.6 Å². The first-order valence-electron chi connectivity index (χ1n) is 25.0. The number of unbranched alkanes of at least 4 members (excludes halogenated alkanes) is 23. The largest absolute Gasteiger partial charge is 0.462 e. The first-order chi connectivity index (χ1) is 27.4. The molecule has 1 N–H and O–H groups in total. The Hall–Kier alpha value is -1.01. The van der Waals surface area contributed by atoms with E-state index in [2.05, 4.69) is 37.9 Å². The molecule has 0 radical (unpaired) electrons.